The molecule has 0 amide bonds. The zero-order chi connectivity index (χ0) is 9.97. The highest BCUT2D eigenvalue weighted by molar-refractivity contribution is 5.53. The maximum Gasteiger partial charge on any atom is 0.138 e. The van der Waals surface area contributed by atoms with E-state index in [2.05, 4.69) is 5.32 Å². The Kier molecular flexibility index (Phi) is 2.59. The van der Waals surface area contributed by atoms with Crippen molar-refractivity contribution in [3.05, 3.63) is 23.8 Å². The van der Waals surface area contributed by atoms with Crippen LogP contribution in [0.4, 0.5) is 5.69 Å². The molecule has 1 fully saturated rings. The molecule has 0 saturated carbocycles. The lowest BCUT2D eigenvalue weighted by atomic mass is 9.91. The molecular weight excluding hydrogens is 176 g/mol. The first-order chi connectivity index (χ1) is 6.77. The fourth-order valence-electron chi connectivity index (χ4n) is 1.96. The molecule has 1 heterocycles. The summed E-state index contributed by atoms with van der Waals surface area (Å²) in [6.45, 7) is 2.13. The third kappa shape index (κ3) is 1.82. The average molecular weight is 192 g/mol. The zero-order valence-electron chi connectivity index (χ0n) is 8.16. The molecule has 4 N–H and O–H groups in total. The van der Waals surface area contributed by atoms with Crippen LogP contribution in [0.5, 0.6) is 5.75 Å². The molecule has 3 nitrogen and oxygen atoms in total. The van der Waals surface area contributed by atoms with E-state index in [0.29, 0.717) is 11.6 Å². The number of anilines is 1. The number of hydrogen-bond donors (Lipinski definition) is 3. The van der Waals surface area contributed by atoms with Gasteiger partial charge in [-0.05, 0) is 43.0 Å². The molecule has 1 aromatic rings. The minimum absolute atomic E-state index is 0.178. The Morgan fingerprint density at radius 3 is 2.93 bits per heavy atom. The fraction of sp³-hybridized carbons (Fsp3) is 0.455. The minimum Gasteiger partial charge on any atom is -0.506 e. The summed E-state index contributed by atoms with van der Waals surface area (Å²) >= 11 is 0. The summed E-state index contributed by atoms with van der Waals surface area (Å²) in [6, 6.07) is 5.52. The van der Waals surface area contributed by atoms with Crippen LogP contribution >= 0.6 is 0 Å². The van der Waals surface area contributed by atoms with Crippen molar-refractivity contribution < 1.29 is 5.11 Å². The van der Waals surface area contributed by atoms with Gasteiger partial charge in [0.15, 0.2) is 0 Å². The number of nitrogens with one attached hydrogen (secondary N) is 1. The molecule has 1 unspecified atom stereocenters. The van der Waals surface area contributed by atoms with Crippen LogP contribution in [0.15, 0.2) is 18.2 Å². The van der Waals surface area contributed by atoms with Crippen molar-refractivity contribution >= 4 is 5.69 Å². The number of nitrogens with two attached hydrogens (primary N) is 1. The number of rotatable bonds is 1. The number of hydrogen-bond acceptors (Lipinski definition) is 3. The molecule has 0 aromatic heterocycles. The van der Waals surface area contributed by atoms with Crippen molar-refractivity contribution in [3.63, 3.8) is 0 Å². The van der Waals surface area contributed by atoms with E-state index in [9.17, 15) is 5.11 Å². The van der Waals surface area contributed by atoms with Crippen LogP contribution in [-0.4, -0.2) is 18.2 Å². The van der Waals surface area contributed by atoms with Gasteiger partial charge in [0, 0.05) is 6.54 Å². The number of aromatic hydroxyl groups is 1. The molecular formula is C11H16N2O. The van der Waals surface area contributed by atoms with Crippen LogP contribution in [0, 0.1) is 0 Å². The number of piperidine rings is 1. The summed E-state index contributed by atoms with van der Waals surface area (Å²) in [5, 5.41) is 12.7. The third-order valence-corrected chi connectivity index (χ3v) is 2.82. The Labute approximate surface area is 83.9 Å². The third-order valence-electron chi connectivity index (χ3n) is 2.82. The van der Waals surface area contributed by atoms with E-state index in [-0.39, 0.29) is 5.75 Å². The first-order valence-electron chi connectivity index (χ1n) is 5.06. The number of phenolic OH excluding ortho intramolecular Hbond substituents is 1. The normalized spacial score (nSPS) is 22.1. The van der Waals surface area contributed by atoms with Gasteiger partial charge in [-0.2, -0.15) is 0 Å². The maximum absolute atomic E-state index is 9.30. The predicted molar refractivity (Wildman–Crippen MR) is 57.4 cm³/mol. The molecule has 0 aliphatic carbocycles. The van der Waals surface area contributed by atoms with Crippen LogP contribution in [0.2, 0.25) is 0 Å². The Balaban J connectivity index is 2.18. The monoisotopic (exact) mass is 192 g/mol. The van der Waals surface area contributed by atoms with E-state index in [0.717, 1.165) is 13.1 Å². The Bertz CT molecular complexity index is 319. The van der Waals surface area contributed by atoms with Crippen molar-refractivity contribution in [1.82, 2.24) is 5.32 Å². The van der Waals surface area contributed by atoms with Gasteiger partial charge in [0.05, 0.1) is 5.69 Å². The van der Waals surface area contributed by atoms with Crippen LogP contribution in [-0.2, 0) is 0 Å². The summed E-state index contributed by atoms with van der Waals surface area (Å²) in [5.41, 5.74) is 7.37. The Morgan fingerprint density at radius 1 is 1.43 bits per heavy atom. The van der Waals surface area contributed by atoms with Gasteiger partial charge in [0.2, 0.25) is 0 Å². The Hall–Kier alpha value is -1.22. The highest BCUT2D eigenvalue weighted by Gasteiger charge is 2.15. The van der Waals surface area contributed by atoms with Gasteiger partial charge >= 0.3 is 0 Å². The van der Waals surface area contributed by atoms with Crippen LogP contribution < -0.4 is 11.1 Å². The van der Waals surface area contributed by atoms with Crippen molar-refractivity contribution in [1.29, 1.82) is 0 Å². The molecule has 1 atom stereocenters. The lowest BCUT2D eigenvalue weighted by Crippen LogP contribution is -2.28. The van der Waals surface area contributed by atoms with Gasteiger partial charge in [-0.1, -0.05) is 6.07 Å². The Morgan fingerprint density at radius 2 is 2.29 bits per heavy atom. The molecule has 2 rings (SSSR count). The van der Waals surface area contributed by atoms with Gasteiger partial charge < -0.3 is 16.2 Å². The number of benzene rings is 1. The van der Waals surface area contributed by atoms with E-state index in [4.69, 9.17) is 5.73 Å². The van der Waals surface area contributed by atoms with Crippen LogP contribution in [0.3, 0.4) is 0 Å². The molecule has 1 aliphatic heterocycles. The molecule has 0 spiro atoms. The number of phenols is 1. The lowest BCUT2D eigenvalue weighted by molar-refractivity contribution is 0.458. The van der Waals surface area contributed by atoms with E-state index in [1.165, 1.54) is 18.4 Å². The summed E-state index contributed by atoms with van der Waals surface area (Å²) in [4.78, 5) is 0. The van der Waals surface area contributed by atoms with Crippen molar-refractivity contribution in [2.45, 2.75) is 18.8 Å². The molecule has 1 aliphatic rings. The standard InChI is InChI=1S/C11H16N2O/c12-10-6-8(3-4-11(10)14)9-2-1-5-13-7-9/h3-4,6,9,13-14H,1-2,5,7,12H2. The van der Waals surface area contributed by atoms with Gasteiger partial charge in [-0.25, -0.2) is 0 Å². The molecule has 1 aromatic carbocycles. The summed E-state index contributed by atoms with van der Waals surface area (Å²) < 4.78 is 0. The molecule has 1 saturated heterocycles. The average Bonchev–Trinajstić information content (AvgIpc) is 2.23. The first-order valence-corrected chi connectivity index (χ1v) is 5.06. The molecule has 14 heavy (non-hydrogen) atoms. The van der Waals surface area contributed by atoms with Crippen molar-refractivity contribution in [2.24, 2.45) is 0 Å². The van der Waals surface area contributed by atoms with E-state index in [1.807, 2.05) is 12.1 Å². The molecule has 76 valence electrons. The molecule has 0 radical (unpaired) electrons. The van der Waals surface area contributed by atoms with Crippen molar-refractivity contribution in [2.75, 3.05) is 18.8 Å². The largest absolute Gasteiger partial charge is 0.506 e. The second kappa shape index (κ2) is 3.88. The van der Waals surface area contributed by atoms with Crippen molar-refractivity contribution in [3.8, 4) is 5.75 Å². The topological polar surface area (TPSA) is 58.3 Å². The van der Waals surface area contributed by atoms with Gasteiger partial charge in [-0.3, -0.25) is 0 Å². The van der Waals surface area contributed by atoms with Gasteiger partial charge in [-0.15, -0.1) is 0 Å². The second-order valence-electron chi connectivity index (χ2n) is 3.86. The second-order valence-corrected chi connectivity index (χ2v) is 3.86. The number of nitrogen functional groups attached to an aromatic ring is 1. The predicted octanol–water partition coefficient (Wildman–Crippen LogP) is 1.44. The quantitative estimate of drug-likeness (QED) is 0.466. The maximum atomic E-state index is 9.30. The first kappa shape index (κ1) is 9.34. The van der Waals surface area contributed by atoms with Crippen LogP contribution in [0.1, 0.15) is 24.3 Å². The van der Waals surface area contributed by atoms with E-state index < -0.39 is 0 Å². The smallest absolute Gasteiger partial charge is 0.138 e. The summed E-state index contributed by atoms with van der Waals surface area (Å²) in [7, 11) is 0. The highest BCUT2D eigenvalue weighted by Crippen LogP contribution is 2.28. The van der Waals surface area contributed by atoms with Gasteiger partial charge in [0.1, 0.15) is 5.75 Å². The minimum atomic E-state index is 0.178. The summed E-state index contributed by atoms with van der Waals surface area (Å²) in [5.74, 6) is 0.726. The highest BCUT2D eigenvalue weighted by atomic mass is 16.3. The molecule has 3 heteroatoms. The lowest BCUT2D eigenvalue weighted by Gasteiger charge is -2.23. The zero-order valence-corrected chi connectivity index (χ0v) is 8.16. The van der Waals surface area contributed by atoms with E-state index in [1.54, 1.807) is 6.07 Å². The van der Waals surface area contributed by atoms with Gasteiger partial charge in [0.25, 0.3) is 0 Å². The fourth-order valence-corrected chi connectivity index (χ4v) is 1.96. The molecule has 0 bridgehead atoms. The van der Waals surface area contributed by atoms with E-state index >= 15 is 0 Å². The summed E-state index contributed by atoms with van der Waals surface area (Å²) in [6.07, 6.45) is 2.42. The van der Waals surface area contributed by atoms with Crippen LogP contribution in [0.25, 0.3) is 0 Å². The SMILES string of the molecule is Nc1cc(C2CCCNC2)ccc1O.